The number of allylic oxidation sites excluding steroid dienone is 1. The highest BCUT2D eigenvalue weighted by atomic mass is 32.1. The van der Waals surface area contributed by atoms with Gasteiger partial charge in [0.1, 0.15) is 0 Å². The van der Waals surface area contributed by atoms with Gasteiger partial charge in [-0.15, -0.1) is 0 Å². The Balaban J connectivity index is 1.71. The monoisotopic (exact) mass is 511 g/mol. The van der Waals surface area contributed by atoms with Crippen LogP contribution in [-0.4, -0.2) is 22.2 Å². The first-order valence-electron chi connectivity index (χ1n) is 12.3. The van der Waals surface area contributed by atoms with E-state index in [0.717, 1.165) is 28.2 Å². The van der Waals surface area contributed by atoms with Gasteiger partial charge < -0.3 is 9.30 Å². The summed E-state index contributed by atoms with van der Waals surface area (Å²) in [4.78, 5) is 32.1. The van der Waals surface area contributed by atoms with Crippen molar-refractivity contribution in [1.82, 2.24) is 9.13 Å². The minimum absolute atomic E-state index is 0.172. The number of carbonyl (C=O) groups excluding carboxylic acids is 1. The van der Waals surface area contributed by atoms with E-state index in [9.17, 15) is 9.59 Å². The van der Waals surface area contributed by atoms with Gasteiger partial charge in [0.2, 0.25) is 0 Å². The van der Waals surface area contributed by atoms with Crippen LogP contribution in [0.5, 0.6) is 0 Å². The van der Waals surface area contributed by atoms with E-state index in [4.69, 9.17) is 9.73 Å². The largest absolute Gasteiger partial charge is 0.466 e. The topological polar surface area (TPSA) is 65.6 Å². The molecular weight excluding hydrogens is 482 g/mol. The average molecular weight is 512 g/mol. The minimum Gasteiger partial charge on any atom is -0.466 e. The molecule has 0 spiro atoms. The fourth-order valence-corrected chi connectivity index (χ4v) is 5.99. The SMILES string of the molecule is CCC1=C(C(=O)OC)[C@H](c2ccccc2)n2c(s/c(=C/c3cc(C)n(-c4ccc(C)cc4)c3C)c2=O)=N1. The highest BCUT2D eigenvalue weighted by molar-refractivity contribution is 7.07. The van der Waals surface area contributed by atoms with Crippen molar-refractivity contribution >= 4 is 23.4 Å². The lowest BCUT2D eigenvalue weighted by Gasteiger charge is -2.25. The predicted molar refractivity (Wildman–Crippen MR) is 147 cm³/mol. The van der Waals surface area contributed by atoms with Crippen LogP contribution >= 0.6 is 11.3 Å². The Morgan fingerprint density at radius 1 is 1.08 bits per heavy atom. The predicted octanol–water partition coefficient (Wildman–Crippen LogP) is 4.51. The Kier molecular flexibility index (Phi) is 6.56. The maximum Gasteiger partial charge on any atom is 0.338 e. The molecule has 1 aliphatic rings. The number of rotatable bonds is 5. The van der Waals surface area contributed by atoms with Crippen molar-refractivity contribution in [1.29, 1.82) is 0 Å². The van der Waals surface area contributed by atoms with Gasteiger partial charge in [0.25, 0.3) is 5.56 Å². The van der Waals surface area contributed by atoms with Crippen LogP contribution in [0.3, 0.4) is 0 Å². The molecule has 3 heterocycles. The van der Waals surface area contributed by atoms with E-state index >= 15 is 0 Å². The van der Waals surface area contributed by atoms with E-state index in [1.807, 2.05) is 43.3 Å². The number of benzene rings is 2. The molecule has 6 nitrogen and oxygen atoms in total. The Labute approximate surface area is 219 Å². The van der Waals surface area contributed by atoms with Crippen LogP contribution in [0.1, 0.15) is 47.5 Å². The maximum absolute atomic E-state index is 13.9. The first-order chi connectivity index (χ1) is 17.8. The number of esters is 1. The van der Waals surface area contributed by atoms with Crippen molar-refractivity contribution in [3.63, 3.8) is 0 Å². The third-order valence-corrected chi connectivity index (χ3v) is 7.80. The summed E-state index contributed by atoms with van der Waals surface area (Å²) in [7, 11) is 1.36. The number of aryl methyl sites for hydroxylation is 2. The smallest absolute Gasteiger partial charge is 0.338 e. The molecule has 0 saturated carbocycles. The third kappa shape index (κ3) is 4.29. The van der Waals surface area contributed by atoms with E-state index in [1.54, 1.807) is 4.57 Å². The highest BCUT2D eigenvalue weighted by Gasteiger charge is 2.33. The quantitative estimate of drug-likeness (QED) is 0.370. The number of thiazole rings is 1. The number of nitrogens with zero attached hydrogens (tertiary/aromatic N) is 3. The van der Waals surface area contributed by atoms with Crippen molar-refractivity contribution < 1.29 is 9.53 Å². The minimum atomic E-state index is -0.595. The van der Waals surface area contributed by atoms with Gasteiger partial charge in [0.15, 0.2) is 4.80 Å². The Bertz CT molecular complexity index is 1700. The number of carbonyl (C=O) groups is 1. The number of fused-ring (bicyclic) bond motifs is 1. The van der Waals surface area contributed by atoms with Gasteiger partial charge in [0, 0.05) is 17.1 Å². The zero-order valence-electron chi connectivity index (χ0n) is 21.6. The second kappa shape index (κ2) is 9.82. The maximum atomic E-state index is 13.9. The number of hydrogen-bond donors (Lipinski definition) is 0. The first kappa shape index (κ1) is 24.7. The molecule has 0 fully saturated rings. The van der Waals surface area contributed by atoms with Crippen molar-refractivity contribution in [2.45, 2.75) is 40.2 Å². The number of aromatic nitrogens is 2. The molecule has 37 heavy (non-hydrogen) atoms. The molecule has 188 valence electrons. The Morgan fingerprint density at radius 3 is 2.43 bits per heavy atom. The van der Waals surface area contributed by atoms with Crippen LogP contribution in [0.4, 0.5) is 0 Å². The summed E-state index contributed by atoms with van der Waals surface area (Å²) in [6.07, 6.45) is 2.49. The van der Waals surface area contributed by atoms with Crippen LogP contribution in [-0.2, 0) is 9.53 Å². The molecule has 1 atom stereocenters. The van der Waals surface area contributed by atoms with Crippen molar-refractivity contribution in [2.75, 3.05) is 7.11 Å². The molecule has 5 rings (SSSR count). The third-order valence-electron chi connectivity index (χ3n) is 6.81. The van der Waals surface area contributed by atoms with Gasteiger partial charge in [0.05, 0.1) is 29.0 Å². The van der Waals surface area contributed by atoms with Crippen LogP contribution in [0.25, 0.3) is 11.8 Å². The normalized spacial score (nSPS) is 15.5. The number of methoxy groups -OCH3 is 1. The molecule has 2 aromatic carbocycles. The summed E-state index contributed by atoms with van der Waals surface area (Å²) in [5.74, 6) is -0.467. The van der Waals surface area contributed by atoms with Crippen molar-refractivity contribution in [3.8, 4) is 5.69 Å². The summed E-state index contributed by atoms with van der Waals surface area (Å²) in [6, 6.07) is 19.5. The summed E-state index contributed by atoms with van der Waals surface area (Å²) in [5.41, 5.74) is 7.13. The standard InChI is InChI=1S/C30H29N3O3S/c1-6-24-26(29(35)36-5)27(21-10-8-7-9-11-21)33-28(34)25(37-30(33)31-24)17-22-16-19(3)32(20(22)4)23-14-12-18(2)13-15-23/h7-17,27H,6H2,1-5H3/b25-17+/t27-/m0/s1. The molecule has 2 aromatic heterocycles. The van der Waals surface area contributed by atoms with E-state index in [-0.39, 0.29) is 5.56 Å². The van der Waals surface area contributed by atoms with E-state index in [1.165, 1.54) is 24.0 Å². The molecule has 7 heteroatoms. The highest BCUT2D eigenvalue weighted by Crippen LogP contribution is 2.31. The number of hydrogen-bond acceptors (Lipinski definition) is 5. The molecule has 0 unspecified atom stereocenters. The van der Waals surface area contributed by atoms with Crippen LogP contribution in [0, 0.1) is 20.8 Å². The molecule has 0 bridgehead atoms. The van der Waals surface area contributed by atoms with E-state index in [0.29, 0.717) is 27.0 Å². The summed E-state index contributed by atoms with van der Waals surface area (Å²) < 4.78 is 9.54. The first-order valence-corrected chi connectivity index (χ1v) is 13.1. The van der Waals surface area contributed by atoms with Gasteiger partial charge >= 0.3 is 5.97 Å². The molecular formula is C30H29N3O3S. The number of ether oxygens (including phenoxy) is 1. The molecule has 0 aliphatic carbocycles. The molecule has 0 saturated heterocycles. The lowest BCUT2D eigenvalue weighted by Crippen LogP contribution is -2.40. The summed E-state index contributed by atoms with van der Waals surface area (Å²) in [6.45, 7) is 8.16. The fourth-order valence-electron chi connectivity index (χ4n) is 4.98. The average Bonchev–Trinajstić information content (AvgIpc) is 3.37. The van der Waals surface area contributed by atoms with Crippen molar-refractivity contribution in [2.24, 2.45) is 4.99 Å². The Morgan fingerprint density at radius 2 is 1.78 bits per heavy atom. The van der Waals surface area contributed by atoms with Gasteiger partial charge in [-0.3, -0.25) is 9.36 Å². The van der Waals surface area contributed by atoms with Crippen LogP contribution in [0.15, 0.2) is 81.7 Å². The van der Waals surface area contributed by atoms with Gasteiger partial charge in [-0.25, -0.2) is 9.79 Å². The lowest BCUT2D eigenvalue weighted by molar-refractivity contribution is -0.136. The van der Waals surface area contributed by atoms with Crippen LogP contribution in [0.2, 0.25) is 0 Å². The zero-order valence-corrected chi connectivity index (χ0v) is 22.4. The molecule has 0 radical (unpaired) electrons. The molecule has 1 aliphatic heterocycles. The van der Waals surface area contributed by atoms with Gasteiger partial charge in [-0.2, -0.15) is 0 Å². The lowest BCUT2D eigenvalue weighted by atomic mass is 9.95. The van der Waals surface area contributed by atoms with Gasteiger partial charge in [-0.05, 0) is 62.6 Å². The summed E-state index contributed by atoms with van der Waals surface area (Å²) >= 11 is 1.35. The van der Waals surface area contributed by atoms with E-state index in [2.05, 4.69) is 55.7 Å². The molecule has 4 aromatic rings. The second-order valence-electron chi connectivity index (χ2n) is 9.20. The molecule has 0 amide bonds. The van der Waals surface area contributed by atoms with E-state index < -0.39 is 12.0 Å². The summed E-state index contributed by atoms with van der Waals surface area (Å²) in [5, 5.41) is 0. The molecule has 0 N–H and O–H groups in total. The Hall–Kier alpha value is -3.97. The second-order valence-corrected chi connectivity index (χ2v) is 10.2. The zero-order chi connectivity index (χ0) is 26.3. The van der Waals surface area contributed by atoms with Crippen LogP contribution < -0.4 is 14.9 Å². The van der Waals surface area contributed by atoms with Crippen molar-refractivity contribution in [3.05, 3.63) is 120 Å². The van der Waals surface area contributed by atoms with Gasteiger partial charge in [-0.1, -0.05) is 66.3 Å². The fraction of sp³-hybridized carbons (Fsp3) is 0.233.